The van der Waals surface area contributed by atoms with E-state index in [2.05, 4.69) is 41.7 Å². The molecule has 1 aromatic carbocycles. The molecule has 1 heterocycles. The van der Waals surface area contributed by atoms with Crippen molar-refractivity contribution in [3.63, 3.8) is 0 Å². The summed E-state index contributed by atoms with van der Waals surface area (Å²) in [5.41, 5.74) is 2.24. The molecule has 0 radical (unpaired) electrons. The zero-order valence-corrected chi connectivity index (χ0v) is 13.1. The Morgan fingerprint density at radius 2 is 2.15 bits per heavy atom. The summed E-state index contributed by atoms with van der Waals surface area (Å²) in [6, 6.07) is 6.03. The van der Waals surface area contributed by atoms with E-state index < -0.39 is 0 Å². The maximum absolute atomic E-state index is 6.38. The maximum atomic E-state index is 6.38. The van der Waals surface area contributed by atoms with Gasteiger partial charge >= 0.3 is 0 Å². The lowest BCUT2D eigenvalue weighted by Crippen LogP contribution is -2.20. The normalized spacial score (nSPS) is 11.2. The first-order chi connectivity index (χ1) is 9.63. The van der Waals surface area contributed by atoms with Crippen molar-refractivity contribution in [2.75, 3.05) is 6.54 Å². The minimum atomic E-state index is 0.625. The third-order valence-electron chi connectivity index (χ3n) is 3.24. The Morgan fingerprint density at radius 3 is 2.85 bits per heavy atom. The fraction of sp³-hybridized carbons (Fsp3) is 0.438. The minimum Gasteiger partial charge on any atom is -0.312 e. The average Bonchev–Trinajstić information content (AvgIpc) is 2.88. The Balaban J connectivity index is 2.31. The van der Waals surface area contributed by atoms with Gasteiger partial charge in [-0.05, 0) is 24.6 Å². The zero-order chi connectivity index (χ0) is 14.5. The molecule has 2 aromatic rings. The van der Waals surface area contributed by atoms with E-state index in [-0.39, 0.29) is 0 Å². The first-order valence-corrected chi connectivity index (χ1v) is 7.52. The van der Waals surface area contributed by atoms with Crippen molar-refractivity contribution in [1.82, 2.24) is 14.9 Å². The molecule has 0 aliphatic heterocycles. The van der Waals surface area contributed by atoms with Crippen molar-refractivity contribution < 1.29 is 0 Å². The summed E-state index contributed by atoms with van der Waals surface area (Å²) >= 11 is 6.38. The average molecular weight is 292 g/mol. The Morgan fingerprint density at radius 1 is 1.35 bits per heavy atom. The molecule has 20 heavy (non-hydrogen) atoms. The van der Waals surface area contributed by atoms with Crippen molar-refractivity contribution in [1.29, 1.82) is 0 Å². The summed E-state index contributed by atoms with van der Waals surface area (Å²) < 4.78 is 2.12. The van der Waals surface area contributed by atoms with Gasteiger partial charge in [0, 0.05) is 35.9 Å². The number of rotatable bonds is 6. The number of aryl methyl sites for hydroxylation is 1. The van der Waals surface area contributed by atoms with Gasteiger partial charge in [0.2, 0.25) is 0 Å². The van der Waals surface area contributed by atoms with Crippen LogP contribution in [0.3, 0.4) is 0 Å². The van der Waals surface area contributed by atoms with Crippen LogP contribution in [0.1, 0.15) is 32.2 Å². The monoisotopic (exact) mass is 291 g/mol. The molecule has 0 saturated heterocycles. The van der Waals surface area contributed by atoms with E-state index in [1.54, 1.807) is 0 Å². The van der Waals surface area contributed by atoms with Crippen LogP contribution in [0, 0.1) is 5.92 Å². The summed E-state index contributed by atoms with van der Waals surface area (Å²) in [4.78, 5) is 4.39. The molecule has 0 bridgehead atoms. The molecule has 0 aliphatic carbocycles. The lowest BCUT2D eigenvalue weighted by Gasteiger charge is -2.15. The molecule has 0 fully saturated rings. The van der Waals surface area contributed by atoms with E-state index in [4.69, 9.17) is 11.6 Å². The highest BCUT2D eigenvalue weighted by atomic mass is 35.5. The number of hydrogen-bond donors (Lipinski definition) is 1. The second-order valence-electron chi connectivity index (χ2n) is 5.33. The molecule has 0 unspecified atom stereocenters. The molecule has 1 N–H and O–H groups in total. The molecular weight excluding hydrogens is 270 g/mol. The summed E-state index contributed by atoms with van der Waals surface area (Å²) in [6.07, 6.45) is 4.74. The van der Waals surface area contributed by atoms with Gasteiger partial charge in [-0.25, -0.2) is 4.98 Å². The molecular formula is C16H22ClN3. The van der Waals surface area contributed by atoms with Gasteiger partial charge < -0.3 is 9.88 Å². The van der Waals surface area contributed by atoms with Crippen LogP contribution >= 0.6 is 11.6 Å². The van der Waals surface area contributed by atoms with Crippen molar-refractivity contribution in [3.8, 4) is 5.69 Å². The van der Waals surface area contributed by atoms with Crippen molar-refractivity contribution in [3.05, 3.63) is 47.0 Å². The Bertz CT molecular complexity index is 561. The summed E-state index contributed by atoms with van der Waals surface area (Å²) in [5, 5.41) is 4.26. The maximum Gasteiger partial charge on any atom is 0.112 e. The van der Waals surface area contributed by atoms with Crippen LogP contribution in [0.15, 0.2) is 30.6 Å². The van der Waals surface area contributed by atoms with Crippen LogP contribution in [-0.2, 0) is 13.0 Å². The third kappa shape index (κ3) is 3.41. The topological polar surface area (TPSA) is 29.9 Å². The Hall–Kier alpha value is -1.32. The fourth-order valence-electron chi connectivity index (χ4n) is 2.25. The standard InChI is InChI=1S/C16H22ClN3/c1-4-16-19-8-9-20(16)15-7-5-6-14(17)13(15)11-18-10-12(2)3/h5-9,12,18H,4,10-11H2,1-3H3. The van der Waals surface area contributed by atoms with Crippen LogP contribution in [0.25, 0.3) is 5.69 Å². The largest absolute Gasteiger partial charge is 0.312 e. The first kappa shape index (κ1) is 15.1. The van der Waals surface area contributed by atoms with Crippen LogP contribution < -0.4 is 5.32 Å². The number of imidazole rings is 1. The van der Waals surface area contributed by atoms with Crippen LogP contribution in [-0.4, -0.2) is 16.1 Å². The van der Waals surface area contributed by atoms with Crippen LogP contribution in [0.2, 0.25) is 5.02 Å². The SMILES string of the molecule is CCc1nccn1-c1cccc(Cl)c1CNCC(C)C. The van der Waals surface area contributed by atoms with Gasteiger partial charge in [-0.15, -0.1) is 0 Å². The van der Waals surface area contributed by atoms with E-state index in [1.807, 2.05) is 24.5 Å². The van der Waals surface area contributed by atoms with E-state index in [1.165, 1.54) is 0 Å². The molecule has 4 heteroatoms. The highest BCUT2D eigenvalue weighted by molar-refractivity contribution is 6.31. The van der Waals surface area contributed by atoms with Gasteiger partial charge in [0.1, 0.15) is 5.82 Å². The number of nitrogens with one attached hydrogen (secondary N) is 1. The van der Waals surface area contributed by atoms with E-state index in [9.17, 15) is 0 Å². The highest BCUT2D eigenvalue weighted by Crippen LogP contribution is 2.24. The minimum absolute atomic E-state index is 0.625. The number of hydrogen-bond acceptors (Lipinski definition) is 2. The molecule has 0 saturated carbocycles. The van der Waals surface area contributed by atoms with Crippen molar-refractivity contribution in [2.24, 2.45) is 5.92 Å². The van der Waals surface area contributed by atoms with Crippen molar-refractivity contribution >= 4 is 11.6 Å². The summed E-state index contributed by atoms with van der Waals surface area (Å²) in [6.45, 7) is 8.26. The summed E-state index contributed by atoms with van der Waals surface area (Å²) in [7, 11) is 0. The molecule has 0 aliphatic rings. The first-order valence-electron chi connectivity index (χ1n) is 7.14. The van der Waals surface area contributed by atoms with Gasteiger partial charge in [0.25, 0.3) is 0 Å². The molecule has 2 rings (SSSR count). The van der Waals surface area contributed by atoms with Crippen molar-refractivity contribution in [2.45, 2.75) is 33.7 Å². The predicted octanol–water partition coefficient (Wildman–Crippen LogP) is 3.83. The second kappa shape index (κ2) is 6.91. The lowest BCUT2D eigenvalue weighted by atomic mass is 10.1. The molecule has 0 spiro atoms. The third-order valence-corrected chi connectivity index (χ3v) is 3.60. The van der Waals surface area contributed by atoms with Gasteiger partial charge in [-0.2, -0.15) is 0 Å². The highest BCUT2D eigenvalue weighted by Gasteiger charge is 2.11. The second-order valence-corrected chi connectivity index (χ2v) is 5.74. The molecule has 1 aromatic heterocycles. The number of aromatic nitrogens is 2. The van der Waals surface area contributed by atoms with Gasteiger partial charge in [0.05, 0.1) is 5.69 Å². The Labute approximate surface area is 126 Å². The van der Waals surface area contributed by atoms with Crippen LogP contribution in [0.4, 0.5) is 0 Å². The quantitative estimate of drug-likeness (QED) is 0.876. The molecule has 0 atom stereocenters. The van der Waals surface area contributed by atoms with E-state index in [0.29, 0.717) is 5.92 Å². The predicted molar refractivity (Wildman–Crippen MR) is 84.5 cm³/mol. The molecule has 108 valence electrons. The van der Waals surface area contributed by atoms with E-state index in [0.717, 1.165) is 41.6 Å². The van der Waals surface area contributed by atoms with E-state index >= 15 is 0 Å². The Kier molecular flexibility index (Phi) is 5.21. The lowest BCUT2D eigenvalue weighted by molar-refractivity contribution is 0.551. The molecule has 0 amide bonds. The molecule has 3 nitrogen and oxygen atoms in total. The zero-order valence-electron chi connectivity index (χ0n) is 12.4. The fourth-order valence-corrected chi connectivity index (χ4v) is 2.49. The summed E-state index contributed by atoms with van der Waals surface area (Å²) in [5.74, 6) is 1.68. The van der Waals surface area contributed by atoms with Gasteiger partial charge in [0.15, 0.2) is 0 Å². The number of nitrogens with zero attached hydrogens (tertiary/aromatic N) is 2. The number of benzene rings is 1. The number of halogens is 1. The smallest absolute Gasteiger partial charge is 0.112 e. The van der Waals surface area contributed by atoms with Gasteiger partial charge in [-0.3, -0.25) is 0 Å². The van der Waals surface area contributed by atoms with Gasteiger partial charge in [-0.1, -0.05) is 38.4 Å². The van der Waals surface area contributed by atoms with Crippen LogP contribution in [0.5, 0.6) is 0 Å².